The Labute approximate surface area is 169 Å². The Morgan fingerprint density at radius 3 is 2.66 bits per heavy atom. The lowest BCUT2D eigenvalue weighted by Crippen LogP contribution is -2.47. The van der Waals surface area contributed by atoms with Crippen LogP contribution in [0.15, 0.2) is 41.6 Å². The topological polar surface area (TPSA) is 77.0 Å². The molecule has 2 aliphatic heterocycles. The summed E-state index contributed by atoms with van der Waals surface area (Å²) < 4.78 is 5.37. The minimum atomic E-state index is -0.0744. The van der Waals surface area contributed by atoms with Crippen LogP contribution in [0.2, 0.25) is 0 Å². The fourth-order valence-corrected chi connectivity index (χ4v) is 4.23. The molecule has 3 aromatic heterocycles. The molecule has 9 heteroatoms. The maximum absolute atomic E-state index is 12.2. The Morgan fingerprint density at radius 1 is 0.966 bits per heavy atom. The van der Waals surface area contributed by atoms with E-state index in [0.29, 0.717) is 12.4 Å². The first-order valence-electron chi connectivity index (χ1n) is 10.3. The molecule has 0 aliphatic carbocycles. The van der Waals surface area contributed by atoms with Crippen molar-refractivity contribution in [3.05, 3.63) is 58.4 Å². The summed E-state index contributed by atoms with van der Waals surface area (Å²) in [4.78, 5) is 17.1. The van der Waals surface area contributed by atoms with Crippen molar-refractivity contribution in [1.29, 1.82) is 0 Å². The SMILES string of the molecule is O=c1ccc(-n2cccn2)nn1CCN1CCN(Cc2cnn3c2CCC3)CC1. The van der Waals surface area contributed by atoms with Gasteiger partial charge < -0.3 is 0 Å². The van der Waals surface area contributed by atoms with E-state index in [1.165, 1.54) is 17.7 Å². The standard InChI is InChI=1S/C20H26N8O/c29-20-5-4-19(27-8-2-6-21-27)23-28(20)14-13-24-9-11-25(12-10-24)16-17-15-22-26-7-1-3-18(17)26/h2,4-6,8,15H,1,3,7,9-14,16H2. The summed E-state index contributed by atoms with van der Waals surface area (Å²) in [5.41, 5.74) is 2.74. The van der Waals surface area contributed by atoms with Crippen LogP contribution in [0.1, 0.15) is 17.7 Å². The molecule has 1 saturated heterocycles. The van der Waals surface area contributed by atoms with Gasteiger partial charge in [0.2, 0.25) is 0 Å². The number of fused-ring (bicyclic) bond motifs is 1. The van der Waals surface area contributed by atoms with E-state index in [4.69, 9.17) is 0 Å². The lowest BCUT2D eigenvalue weighted by Gasteiger charge is -2.34. The van der Waals surface area contributed by atoms with Gasteiger partial charge in [0.25, 0.3) is 5.56 Å². The number of hydrogen-bond acceptors (Lipinski definition) is 6. The summed E-state index contributed by atoms with van der Waals surface area (Å²) in [6, 6.07) is 5.11. The van der Waals surface area contributed by atoms with Gasteiger partial charge in [-0.25, -0.2) is 9.36 Å². The molecule has 2 aliphatic rings. The van der Waals surface area contributed by atoms with Crippen LogP contribution in [0.5, 0.6) is 0 Å². The zero-order valence-electron chi connectivity index (χ0n) is 16.5. The molecule has 5 rings (SSSR count). The Kier molecular flexibility index (Phi) is 4.99. The summed E-state index contributed by atoms with van der Waals surface area (Å²) >= 11 is 0. The number of hydrogen-bond donors (Lipinski definition) is 0. The van der Waals surface area contributed by atoms with E-state index in [0.717, 1.165) is 52.2 Å². The van der Waals surface area contributed by atoms with E-state index in [1.54, 1.807) is 27.7 Å². The van der Waals surface area contributed by atoms with Gasteiger partial charge >= 0.3 is 0 Å². The second-order valence-electron chi connectivity index (χ2n) is 7.76. The molecule has 3 aromatic rings. The predicted octanol–water partition coefficient (Wildman–Crippen LogP) is 0.390. The first kappa shape index (κ1) is 18.3. The van der Waals surface area contributed by atoms with Gasteiger partial charge in [0.05, 0.1) is 12.7 Å². The van der Waals surface area contributed by atoms with Gasteiger partial charge in [0, 0.05) is 75.5 Å². The van der Waals surface area contributed by atoms with Crippen LogP contribution in [0, 0.1) is 0 Å². The van der Waals surface area contributed by atoms with Crippen LogP contribution in [0.3, 0.4) is 0 Å². The van der Waals surface area contributed by atoms with Gasteiger partial charge in [-0.05, 0) is 25.0 Å². The molecule has 0 aromatic carbocycles. The lowest BCUT2D eigenvalue weighted by atomic mass is 10.1. The largest absolute Gasteiger partial charge is 0.299 e. The number of rotatable bonds is 6. The van der Waals surface area contributed by atoms with Crippen molar-refractivity contribution in [2.45, 2.75) is 32.5 Å². The van der Waals surface area contributed by atoms with Crippen LogP contribution in [-0.4, -0.2) is 71.9 Å². The molecule has 29 heavy (non-hydrogen) atoms. The summed E-state index contributed by atoms with van der Waals surface area (Å²) in [5.74, 6) is 0.660. The average Bonchev–Trinajstić information content (AvgIpc) is 3.48. The van der Waals surface area contributed by atoms with Crippen molar-refractivity contribution in [3.63, 3.8) is 0 Å². The molecule has 0 unspecified atom stereocenters. The maximum Gasteiger partial charge on any atom is 0.266 e. The third-order valence-corrected chi connectivity index (χ3v) is 5.90. The van der Waals surface area contributed by atoms with Crippen molar-refractivity contribution in [1.82, 2.24) is 39.1 Å². The molecule has 0 bridgehead atoms. The quantitative estimate of drug-likeness (QED) is 0.602. The molecule has 0 radical (unpaired) electrons. The Morgan fingerprint density at radius 2 is 1.83 bits per heavy atom. The van der Waals surface area contributed by atoms with Crippen LogP contribution < -0.4 is 5.56 Å². The first-order valence-corrected chi connectivity index (χ1v) is 10.3. The lowest BCUT2D eigenvalue weighted by molar-refractivity contribution is 0.122. The second kappa shape index (κ2) is 7.92. The van der Waals surface area contributed by atoms with E-state index in [2.05, 4.69) is 29.8 Å². The van der Waals surface area contributed by atoms with E-state index >= 15 is 0 Å². The average molecular weight is 394 g/mol. The highest BCUT2D eigenvalue weighted by Gasteiger charge is 2.21. The van der Waals surface area contributed by atoms with Crippen molar-refractivity contribution < 1.29 is 0 Å². The van der Waals surface area contributed by atoms with Gasteiger partial charge in [-0.15, -0.1) is 5.10 Å². The van der Waals surface area contributed by atoms with Gasteiger partial charge in [0.15, 0.2) is 5.82 Å². The van der Waals surface area contributed by atoms with E-state index in [1.807, 2.05) is 18.5 Å². The first-order chi connectivity index (χ1) is 14.3. The van der Waals surface area contributed by atoms with E-state index in [-0.39, 0.29) is 5.56 Å². The minimum absolute atomic E-state index is 0.0744. The smallest absolute Gasteiger partial charge is 0.266 e. The van der Waals surface area contributed by atoms with Crippen molar-refractivity contribution >= 4 is 0 Å². The Hall–Kier alpha value is -2.78. The van der Waals surface area contributed by atoms with Gasteiger partial charge in [0.1, 0.15) is 0 Å². The van der Waals surface area contributed by atoms with Crippen LogP contribution in [-0.2, 0) is 26.1 Å². The Bertz CT molecular complexity index is 1010. The van der Waals surface area contributed by atoms with Crippen molar-refractivity contribution in [2.24, 2.45) is 0 Å². The van der Waals surface area contributed by atoms with E-state index < -0.39 is 0 Å². The van der Waals surface area contributed by atoms with Crippen molar-refractivity contribution in [2.75, 3.05) is 32.7 Å². The highest BCUT2D eigenvalue weighted by atomic mass is 16.1. The van der Waals surface area contributed by atoms with Crippen LogP contribution >= 0.6 is 0 Å². The normalized spacial score (nSPS) is 17.7. The van der Waals surface area contributed by atoms with E-state index in [9.17, 15) is 4.79 Å². The zero-order valence-corrected chi connectivity index (χ0v) is 16.5. The molecule has 1 fully saturated rings. The summed E-state index contributed by atoms with van der Waals surface area (Å²) in [7, 11) is 0. The monoisotopic (exact) mass is 394 g/mol. The zero-order chi connectivity index (χ0) is 19.6. The molecule has 9 nitrogen and oxygen atoms in total. The predicted molar refractivity (Wildman–Crippen MR) is 108 cm³/mol. The molecular formula is C20H26N8O. The van der Waals surface area contributed by atoms with Gasteiger partial charge in [-0.3, -0.25) is 19.3 Å². The number of aromatic nitrogens is 6. The molecule has 0 amide bonds. The second-order valence-corrected chi connectivity index (χ2v) is 7.76. The van der Waals surface area contributed by atoms with Crippen LogP contribution in [0.25, 0.3) is 5.82 Å². The molecular weight excluding hydrogens is 368 g/mol. The summed E-state index contributed by atoms with van der Waals surface area (Å²) in [6.45, 7) is 7.58. The minimum Gasteiger partial charge on any atom is -0.299 e. The molecule has 0 saturated carbocycles. The van der Waals surface area contributed by atoms with Gasteiger partial charge in [-0.2, -0.15) is 10.2 Å². The van der Waals surface area contributed by atoms with Gasteiger partial charge in [-0.1, -0.05) is 0 Å². The molecule has 0 atom stereocenters. The number of aryl methyl sites for hydroxylation is 1. The molecule has 0 N–H and O–H groups in total. The number of piperazine rings is 1. The molecule has 0 spiro atoms. The fourth-order valence-electron chi connectivity index (χ4n) is 4.23. The Balaban J connectivity index is 1.14. The third kappa shape index (κ3) is 3.88. The summed E-state index contributed by atoms with van der Waals surface area (Å²) in [5, 5.41) is 13.1. The van der Waals surface area contributed by atoms with Crippen LogP contribution in [0.4, 0.5) is 0 Å². The molecule has 5 heterocycles. The maximum atomic E-state index is 12.2. The highest BCUT2D eigenvalue weighted by Crippen LogP contribution is 2.20. The van der Waals surface area contributed by atoms with Crippen molar-refractivity contribution in [3.8, 4) is 5.82 Å². The number of nitrogens with zero attached hydrogens (tertiary/aromatic N) is 8. The fraction of sp³-hybridized carbons (Fsp3) is 0.500. The summed E-state index contributed by atoms with van der Waals surface area (Å²) in [6.07, 6.45) is 7.96. The third-order valence-electron chi connectivity index (χ3n) is 5.90. The molecule has 152 valence electrons. The highest BCUT2D eigenvalue weighted by molar-refractivity contribution is 5.20.